The number of nitrogens with two attached hydrogens (primary N) is 1. The second kappa shape index (κ2) is 53.6. The molecule has 0 radical (unpaired) electrons. The van der Waals surface area contributed by atoms with Gasteiger partial charge in [0.25, 0.3) is 28.9 Å². The van der Waals surface area contributed by atoms with Crippen LogP contribution in [0, 0.1) is 0 Å². The number of hydrogen-bond acceptors (Lipinski definition) is 16. The molecule has 126 heavy (non-hydrogen) atoms. The van der Waals surface area contributed by atoms with Crippen molar-refractivity contribution in [2.45, 2.75) is 92.8 Å². The van der Waals surface area contributed by atoms with Crippen molar-refractivity contribution in [3.63, 3.8) is 0 Å². The number of amides is 8. The molecule has 33 heteroatoms. The molecule has 676 valence electrons. The molecule has 8 amide bonds. The van der Waals surface area contributed by atoms with E-state index in [-0.39, 0.29) is 72.3 Å². The maximum atomic E-state index is 12.8. The highest BCUT2D eigenvalue weighted by Gasteiger charge is 2.31. The molecule has 9 aromatic rings. The summed E-state index contributed by atoms with van der Waals surface area (Å²) in [5, 5.41) is 27.0. The lowest BCUT2D eigenvalue weighted by Crippen LogP contribution is -3.00. The lowest BCUT2D eigenvalue weighted by atomic mass is 9.79. The second-order valence-electron chi connectivity index (χ2n) is 31.2. The zero-order chi connectivity index (χ0) is 91.3. The second-order valence-corrected chi connectivity index (χ2v) is 35.6. The molecule has 0 aliphatic carbocycles. The molecule has 5 saturated heterocycles. The summed E-state index contributed by atoms with van der Waals surface area (Å²) in [6, 6.07) is 58.3. The van der Waals surface area contributed by atoms with Crippen molar-refractivity contribution in [1.29, 1.82) is 0 Å². The van der Waals surface area contributed by atoms with E-state index in [1.807, 2.05) is 207 Å². The number of benzene rings is 8. The summed E-state index contributed by atoms with van der Waals surface area (Å²) < 4.78 is 14.4. The maximum Gasteiger partial charge on any atom is 0.488 e. The van der Waals surface area contributed by atoms with E-state index in [0.717, 1.165) is 108 Å². The highest BCUT2D eigenvalue weighted by molar-refractivity contribution is 9.11. The van der Waals surface area contributed by atoms with E-state index in [2.05, 4.69) is 97.5 Å². The van der Waals surface area contributed by atoms with Gasteiger partial charge in [0.15, 0.2) is 0 Å². The van der Waals surface area contributed by atoms with Crippen LogP contribution in [0.25, 0.3) is 32.7 Å². The predicted molar refractivity (Wildman–Crippen MR) is 508 cm³/mol. The molecule has 5 N–H and O–H groups in total. The van der Waals surface area contributed by atoms with Crippen LogP contribution >= 0.6 is 86.9 Å². The van der Waals surface area contributed by atoms with Gasteiger partial charge < -0.3 is 81.8 Å². The molecule has 0 unspecified atom stereocenters. The Balaban J connectivity index is 0.000000265. The van der Waals surface area contributed by atoms with Crippen LogP contribution in [0.3, 0.4) is 0 Å². The summed E-state index contributed by atoms with van der Waals surface area (Å²) in [5.41, 5.74) is 5.17. The summed E-state index contributed by atoms with van der Waals surface area (Å²) >= 11 is 23.3. The van der Waals surface area contributed by atoms with E-state index in [0.29, 0.717) is 126 Å². The number of carbonyl (C=O) groups is 10. The Morgan fingerprint density at radius 2 is 0.730 bits per heavy atom. The first-order valence-corrected chi connectivity index (χ1v) is 45.4. The van der Waals surface area contributed by atoms with Gasteiger partial charge in [0.1, 0.15) is 11.2 Å². The normalized spacial score (nSPS) is 14.2. The van der Waals surface area contributed by atoms with Crippen LogP contribution in [0.15, 0.2) is 218 Å². The van der Waals surface area contributed by atoms with E-state index in [4.69, 9.17) is 42.7 Å². The maximum absolute atomic E-state index is 12.8. The summed E-state index contributed by atoms with van der Waals surface area (Å²) in [7, 11) is -1.38. The van der Waals surface area contributed by atoms with Crippen molar-refractivity contribution in [3.8, 4) is 11.1 Å². The van der Waals surface area contributed by atoms with Gasteiger partial charge in [0, 0.05) is 189 Å². The van der Waals surface area contributed by atoms with Crippen LogP contribution in [0.1, 0.15) is 135 Å². The molecule has 1 aromatic heterocycles. The number of ether oxygens (including phenoxy) is 2. The Morgan fingerprint density at radius 1 is 0.405 bits per heavy atom. The lowest BCUT2D eigenvalue weighted by molar-refractivity contribution is -0.661. The molecular formula is C93H113BBr4Cl3N11O14. The Hall–Kier alpha value is -9.18. The van der Waals surface area contributed by atoms with Gasteiger partial charge in [-0.2, -0.15) is 0 Å². The van der Waals surface area contributed by atoms with E-state index in [9.17, 15) is 47.9 Å². The van der Waals surface area contributed by atoms with Crippen LogP contribution in [0.2, 0.25) is 0 Å². The molecule has 5 aliphatic rings. The van der Waals surface area contributed by atoms with E-state index in [1.165, 1.54) is 0 Å². The molecule has 5 aliphatic heterocycles. The molecule has 0 spiro atoms. The fourth-order valence-corrected chi connectivity index (χ4v) is 14.0. The number of nitrogens with zero attached hydrogens (tertiary/aromatic N) is 9. The number of piperazine rings is 5. The standard InChI is InChI=1S/C23H23N3O2.C16H21BrN2O3.C14H17BrN2O2.C11H13BrN2O.C10H9BO2.C9H18N2O2.C7H4BrClO.C3H5ClO.ClH.H2/c1-2-22(27)25-11-13-26(14-12-25)23(28)18-5-3-17(4-6-18)19-7-8-21-16-24-10-9-20(21)15-19;1-16(2,3)22-15(21)19-10-8-18(9-11-19)14(20)12-4-6-13(17)7-5-12;1-2-13(18)16-7-9-17(10-8-16)14(19)11-3-5-12(15)6-4-11;12-10-3-1-9(2-4-10)11(15)14-7-5-13-6-8-14;12-11(13)10-6-5-8-3-1-2-4-9(8)7-10;1-9(2,3)13-8(12)11-6-4-10-5-7-11;8-6-3-1-5(2-4-6)7(9)10;1-2-3(4)5;;/h3-10,15-16H,2,11-14H2,1H3;4-7H,8-11H2,1-3H3;3-6H,2,7-10H2,1H3;1-4,13H,5-8H2;1-7,12-13H;10H,4-7H2,1-3H3;1-4H;2H2,1H3;2*1H. The zero-order valence-electron chi connectivity index (χ0n) is 72.4. The summed E-state index contributed by atoms with van der Waals surface area (Å²) in [4.78, 5) is 135. The first kappa shape index (κ1) is 106. The number of hydrogen-bond donors (Lipinski definition) is 4. The largest absolute Gasteiger partial charge is 1.00 e. The predicted octanol–water partition coefficient (Wildman–Crippen LogP) is 11.9. The molecule has 25 nitrogen and oxygen atoms in total. The Bertz CT molecular complexity index is 5020. The topological polar surface area (TPSA) is 297 Å². The average Bonchev–Trinajstić information content (AvgIpc) is 0.799. The lowest BCUT2D eigenvalue weighted by Gasteiger charge is -2.35. The number of halogens is 7. The molecule has 6 heterocycles. The fraction of sp³-hybridized carbons (Fsp3) is 0.366. The third kappa shape index (κ3) is 36.2. The summed E-state index contributed by atoms with van der Waals surface area (Å²) in [5.74, 6) is 0.529. The van der Waals surface area contributed by atoms with E-state index >= 15 is 0 Å². The highest BCUT2D eigenvalue weighted by atomic mass is 79.9. The average molecular weight is 2050 g/mol. The van der Waals surface area contributed by atoms with Crippen molar-refractivity contribution in [1.82, 2.24) is 49.5 Å². The number of carbonyl (C=O) groups excluding carboxylic acids is 10. The number of fused-ring (bicyclic) bond motifs is 2. The molecule has 0 atom stereocenters. The van der Waals surface area contributed by atoms with Gasteiger partial charge in [0.2, 0.25) is 17.1 Å². The summed E-state index contributed by atoms with van der Waals surface area (Å²) in [6.45, 7) is 30.5. The van der Waals surface area contributed by atoms with Crippen molar-refractivity contribution < 1.29 is 86.6 Å². The van der Waals surface area contributed by atoms with Crippen LogP contribution in [0.4, 0.5) is 9.59 Å². The van der Waals surface area contributed by atoms with Gasteiger partial charge in [0.05, 0.1) is 26.2 Å². The minimum atomic E-state index is -1.38. The third-order valence-corrected chi connectivity index (χ3v) is 22.3. The molecule has 14 rings (SSSR count). The first-order chi connectivity index (χ1) is 59.5. The smallest absolute Gasteiger partial charge is 0.488 e. The molecule has 0 bridgehead atoms. The van der Waals surface area contributed by atoms with Crippen molar-refractivity contribution in [2.24, 2.45) is 0 Å². The number of pyridine rings is 1. The van der Waals surface area contributed by atoms with Gasteiger partial charge in [-0.05, 0) is 219 Å². The van der Waals surface area contributed by atoms with Crippen molar-refractivity contribution >= 4 is 179 Å². The van der Waals surface area contributed by atoms with Crippen LogP contribution in [0.5, 0.6) is 0 Å². The highest BCUT2D eigenvalue weighted by Crippen LogP contribution is 2.27. The van der Waals surface area contributed by atoms with Gasteiger partial charge in [-0.15, -0.1) is 0 Å². The Morgan fingerprint density at radius 3 is 1.10 bits per heavy atom. The van der Waals surface area contributed by atoms with E-state index < -0.39 is 18.0 Å². The number of quaternary nitrogens is 1. The fourth-order valence-electron chi connectivity index (χ4n) is 12.8. The zero-order valence-corrected chi connectivity index (χ0v) is 81.0. The minimum absolute atomic E-state index is 0. The first-order valence-electron chi connectivity index (χ1n) is 41.4. The van der Waals surface area contributed by atoms with Crippen molar-refractivity contribution in [3.05, 3.63) is 246 Å². The van der Waals surface area contributed by atoms with Crippen molar-refractivity contribution in [2.75, 3.05) is 131 Å². The van der Waals surface area contributed by atoms with Gasteiger partial charge in [-0.1, -0.05) is 151 Å². The van der Waals surface area contributed by atoms with Gasteiger partial charge in [-0.3, -0.25) is 43.3 Å². The SMILES string of the molecule is CC(C)(C)OC(=O)N1CCN(C(=O)c2ccc(Br)cc2)CC1.CC(C)(C)OC(=O)N1CCNCC1.CCC(=O)Cl.CCC(=O)N1CCN(C(=O)c2ccc(-c3ccc4cnccc4c3)cc2)CC1.CCC(=O)N1CCN(C(=O)c2ccc(Br)cc2)CC1.O=C(Cl)c1ccc(Br)cc1.O=C(c1ccc(Br)cc1)N1CC[NH2+]CC1.OB(O)c1ccc2ccccc2c1.[Cl-].[HH]. The molecule has 0 saturated carbocycles. The van der Waals surface area contributed by atoms with Gasteiger partial charge in [-0.25, -0.2) is 9.59 Å². The van der Waals surface area contributed by atoms with Crippen LogP contribution in [-0.4, -0.2) is 262 Å². The summed E-state index contributed by atoms with van der Waals surface area (Å²) in [6.07, 6.45) is 4.61. The molecular weight excluding hydrogens is 1930 g/mol. The Kier molecular flexibility index (Phi) is 44.9. The minimum Gasteiger partial charge on any atom is -1.00 e. The van der Waals surface area contributed by atoms with Crippen LogP contribution < -0.4 is 28.5 Å². The molecule has 5 fully saturated rings. The number of aromatic nitrogens is 1. The number of nitrogens with one attached hydrogen (secondary N) is 1. The van der Waals surface area contributed by atoms with Crippen LogP contribution in [-0.2, 0) is 23.9 Å². The third-order valence-electron chi connectivity index (χ3n) is 19.7. The Labute approximate surface area is 790 Å². The monoisotopic (exact) mass is 2040 g/mol. The van der Waals surface area contributed by atoms with E-state index in [1.54, 1.807) is 76.4 Å². The van der Waals surface area contributed by atoms with Gasteiger partial charge >= 0.3 is 19.3 Å². The quantitative estimate of drug-likeness (QED) is 0.0731. The number of rotatable bonds is 10. The molecule has 8 aromatic carbocycles.